The molecule has 1 N–H and O–H groups in total. The van der Waals surface area contributed by atoms with Crippen LogP contribution in [-0.4, -0.2) is 37.1 Å². The first-order valence-corrected chi connectivity index (χ1v) is 8.82. The van der Waals surface area contributed by atoms with Crippen molar-refractivity contribution in [1.29, 1.82) is 0 Å². The Kier molecular flexibility index (Phi) is 4.17. The zero-order valence-electron chi connectivity index (χ0n) is 13.3. The third-order valence-electron chi connectivity index (χ3n) is 5.49. The quantitative estimate of drug-likeness (QED) is 0.931. The van der Waals surface area contributed by atoms with Gasteiger partial charge >= 0.3 is 0 Å². The molecule has 1 atom stereocenters. The third kappa shape index (κ3) is 2.92. The molecule has 1 aromatic carbocycles. The van der Waals surface area contributed by atoms with Crippen molar-refractivity contribution in [2.24, 2.45) is 0 Å². The molecule has 3 heterocycles. The molecule has 3 heteroatoms. The lowest BCUT2D eigenvalue weighted by atomic mass is 9.89. The van der Waals surface area contributed by atoms with Crippen LogP contribution in [-0.2, 0) is 0 Å². The monoisotopic (exact) mass is 298 g/mol. The second kappa shape index (κ2) is 6.43. The largest absolute Gasteiger partial charge is 0.464 e. The minimum Gasteiger partial charge on any atom is -0.464 e. The smallest absolute Gasteiger partial charge is 0.134 e. The highest BCUT2D eigenvalue weighted by Gasteiger charge is 2.24. The molecule has 0 saturated carbocycles. The van der Waals surface area contributed by atoms with Gasteiger partial charge < -0.3 is 14.6 Å². The molecule has 2 aromatic rings. The van der Waals surface area contributed by atoms with Gasteiger partial charge in [0.25, 0.3) is 0 Å². The van der Waals surface area contributed by atoms with E-state index < -0.39 is 0 Å². The molecule has 2 aliphatic heterocycles. The molecule has 2 saturated heterocycles. The number of para-hydroxylation sites is 1. The highest BCUT2D eigenvalue weighted by atomic mass is 16.3. The van der Waals surface area contributed by atoms with Crippen molar-refractivity contribution >= 4 is 11.0 Å². The highest BCUT2D eigenvalue weighted by molar-refractivity contribution is 5.81. The number of hydrogen-bond donors (Lipinski definition) is 1. The Balaban J connectivity index is 1.33. The Morgan fingerprint density at radius 3 is 2.82 bits per heavy atom. The minimum absolute atomic E-state index is 0.671. The fourth-order valence-electron chi connectivity index (χ4n) is 4.12. The van der Waals surface area contributed by atoms with Crippen LogP contribution < -0.4 is 5.32 Å². The summed E-state index contributed by atoms with van der Waals surface area (Å²) in [6, 6.07) is 9.21. The zero-order chi connectivity index (χ0) is 14.8. The molecule has 2 fully saturated rings. The number of fused-ring (bicyclic) bond motifs is 1. The van der Waals surface area contributed by atoms with Crippen LogP contribution in [0.2, 0.25) is 0 Å². The van der Waals surface area contributed by atoms with Gasteiger partial charge in [0.1, 0.15) is 5.58 Å². The van der Waals surface area contributed by atoms with E-state index >= 15 is 0 Å². The molecular formula is C19H26N2O. The number of nitrogens with one attached hydrogen (secondary N) is 1. The maximum atomic E-state index is 5.72. The number of rotatable bonds is 4. The van der Waals surface area contributed by atoms with Crippen LogP contribution >= 0.6 is 0 Å². The van der Waals surface area contributed by atoms with E-state index in [1.165, 1.54) is 69.2 Å². The lowest BCUT2D eigenvalue weighted by molar-refractivity contribution is 0.204. The summed E-state index contributed by atoms with van der Waals surface area (Å²) in [7, 11) is 0. The van der Waals surface area contributed by atoms with E-state index in [4.69, 9.17) is 4.42 Å². The SMILES string of the molecule is c1ccc2c(C3CCN(CC[C@@H]4CCCN4)CC3)coc2c1. The van der Waals surface area contributed by atoms with Gasteiger partial charge in [0, 0.05) is 17.0 Å². The van der Waals surface area contributed by atoms with Gasteiger partial charge in [-0.05, 0) is 70.3 Å². The number of nitrogens with zero attached hydrogens (tertiary/aromatic N) is 1. The molecule has 0 radical (unpaired) electrons. The predicted octanol–water partition coefficient (Wildman–Crippen LogP) is 3.75. The summed E-state index contributed by atoms with van der Waals surface area (Å²) in [5.74, 6) is 0.671. The van der Waals surface area contributed by atoms with Crippen molar-refractivity contribution in [3.8, 4) is 0 Å². The van der Waals surface area contributed by atoms with E-state index in [-0.39, 0.29) is 0 Å². The Morgan fingerprint density at radius 1 is 1.14 bits per heavy atom. The van der Waals surface area contributed by atoms with Crippen molar-refractivity contribution in [2.75, 3.05) is 26.2 Å². The standard InChI is InChI=1S/C19H26N2O/c1-2-6-19-17(5-1)18(14-22-19)15-7-11-21(12-8-15)13-9-16-4-3-10-20-16/h1-2,5-6,14-16,20H,3-4,7-13H2/t16-/m0/s1. The highest BCUT2D eigenvalue weighted by Crippen LogP contribution is 2.34. The maximum absolute atomic E-state index is 5.72. The molecule has 0 spiro atoms. The van der Waals surface area contributed by atoms with Gasteiger partial charge in [0.2, 0.25) is 0 Å². The van der Waals surface area contributed by atoms with E-state index in [1.54, 1.807) is 0 Å². The molecule has 0 bridgehead atoms. The summed E-state index contributed by atoms with van der Waals surface area (Å²) >= 11 is 0. The lowest BCUT2D eigenvalue weighted by Gasteiger charge is -2.32. The molecule has 4 rings (SSSR count). The molecule has 2 aliphatic rings. The van der Waals surface area contributed by atoms with Crippen LogP contribution in [0.4, 0.5) is 0 Å². The zero-order valence-corrected chi connectivity index (χ0v) is 13.3. The molecule has 3 nitrogen and oxygen atoms in total. The first-order chi connectivity index (χ1) is 10.9. The number of hydrogen-bond acceptors (Lipinski definition) is 3. The van der Waals surface area contributed by atoms with E-state index in [0.717, 1.165) is 11.6 Å². The van der Waals surface area contributed by atoms with Crippen molar-refractivity contribution < 1.29 is 4.42 Å². The van der Waals surface area contributed by atoms with Crippen molar-refractivity contribution in [3.63, 3.8) is 0 Å². The number of furan rings is 1. The van der Waals surface area contributed by atoms with Gasteiger partial charge in [-0.3, -0.25) is 0 Å². The summed E-state index contributed by atoms with van der Waals surface area (Å²) in [5, 5.41) is 4.92. The topological polar surface area (TPSA) is 28.4 Å². The van der Waals surface area contributed by atoms with Crippen LogP contribution in [0.5, 0.6) is 0 Å². The summed E-state index contributed by atoms with van der Waals surface area (Å²) in [4.78, 5) is 2.65. The van der Waals surface area contributed by atoms with Gasteiger partial charge in [-0.1, -0.05) is 18.2 Å². The molecule has 22 heavy (non-hydrogen) atoms. The van der Waals surface area contributed by atoms with Gasteiger partial charge in [-0.2, -0.15) is 0 Å². The minimum atomic E-state index is 0.671. The van der Waals surface area contributed by atoms with E-state index in [9.17, 15) is 0 Å². The van der Waals surface area contributed by atoms with E-state index in [2.05, 4.69) is 34.5 Å². The first kappa shape index (κ1) is 14.3. The Morgan fingerprint density at radius 2 is 2.00 bits per heavy atom. The Labute approximate surface area is 132 Å². The molecule has 1 aromatic heterocycles. The lowest BCUT2D eigenvalue weighted by Crippen LogP contribution is -2.36. The average Bonchev–Trinajstić information content (AvgIpc) is 3.23. The van der Waals surface area contributed by atoms with E-state index in [1.807, 2.05) is 6.26 Å². The van der Waals surface area contributed by atoms with Crippen molar-refractivity contribution in [2.45, 2.75) is 44.1 Å². The summed E-state index contributed by atoms with van der Waals surface area (Å²) in [6.45, 7) is 4.95. The number of likely N-dealkylation sites (tertiary alicyclic amines) is 1. The van der Waals surface area contributed by atoms with Gasteiger partial charge in [-0.15, -0.1) is 0 Å². The summed E-state index contributed by atoms with van der Waals surface area (Å²) in [5.41, 5.74) is 2.46. The molecule has 118 valence electrons. The Hall–Kier alpha value is -1.32. The van der Waals surface area contributed by atoms with Crippen LogP contribution in [0, 0.1) is 0 Å². The first-order valence-electron chi connectivity index (χ1n) is 8.82. The fraction of sp³-hybridized carbons (Fsp3) is 0.579. The van der Waals surface area contributed by atoms with Crippen molar-refractivity contribution in [3.05, 3.63) is 36.1 Å². The maximum Gasteiger partial charge on any atom is 0.134 e. The third-order valence-corrected chi connectivity index (χ3v) is 5.49. The van der Waals surface area contributed by atoms with E-state index in [0.29, 0.717) is 5.92 Å². The average molecular weight is 298 g/mol. The number of piperidine rings is 1. The van der Waals surface area contributed by atoms with Crippen molar-refractivity contribution in [1.82, 2.24) is 10.2 Å². The van der Waals surface area contributed by atoms with Crippen LogP contribution in [0.3, 0.4) is 0 Å². The molecule has 0 amide bonds. The molecular weight excluding hydrogens is 272 g/mol. The fourth-order valence-corrected chi connectivity index (χ4v) is 4.12. The van der Waals surface area contributed by atoms with Crippen LogP contribution in [0.15, 0.2) is 34.9 Å². The normalized spacial score (nSPS) is 24.3. The molecule has 0 aliphatic carbocycles. The summed E-state index contributed by atoms with van der Waals surface area (Å²) in [6.07, 6.45) is 8.58. The van der Waals surface area contributed by atoms with Gasteiger partial charge in [0.15, 0.2) is 0 Å². The Bertz CT molecular complexity index is 607. The predicted molar refractivity (Wildman–Crippen MR) is 90.3 cm³/mol. The van der Waals surface area contributed by atoms with Crippen LogP contribution in [0.25, 0.3) is 11.0 Å². The number of benzene rings is 1. The second-order valence-corrected chi connectivity index (χ2v) is 6.89. The summed E-state index contributed by atoms with van der Waals surface area (Å²) < 4.78 is 5.72. The second-order valence-electron chi connectivity index (χ2n) is 6.89. The van der Waals surface area contributed by atoms with Crippen LogP contribution in [0.1, 0.15) is 43.6 Å². The molecule has 0 unspecified atom stereocenters. The van der Waals surface area contributed by atoms with Gasteiger partial charge in [-0.25, -0.2) is 0 Å². The van der Waals surface area contributed by atoms with Gasteiger partial charge in [0.05, 0.1) is 6.26 Å².